The first-order chi connectivity index (χ1) is 17.9. The number of pyridine rings is 1. The van der Waals surface area contributed by atoms with Gasteiger partial charge in [-0.3, -0.25) is 19.1 Å². The summed E-state index contributed by atoms with van der Waals surface area (Å²) in [4.78, 5) is 36.9. The van der Waals surface area contributed by atoms with Crippen molar-refractivity contribution in [3.63, 3.8) is 0 Å². The number of carbonyl (C=O) groups is 1. The Kier molecular flexibility index (Phi) is 6.97. The molecule has 0 atom stereocenters. The summed E-state index contributed by atoms with van der Waals surface area (Å²) < 4.78 is 3.93. The van der Waals surface area contributed by atoms with Crippen molar-refractivity contribution < 1.29 is 4.79 Å². The zero-order valence-electron chi connectivity index (χ0n) is 21.5. The van der Waals surface area contributed by atoms with Gasteiger partial charge in [-0.05, 0) is 62.2 Å². The Balaban J connectivity index is 1.51. The minimum absolute atomic E-state index is 0.0127. The molecule has 1 aromatic carbocycles. The average molecular weight is 494 g/mol. The van der Waals surface area contributed by atoms with E-state index in [-0.39, 0.29) is 11.3 Å². The van der Waals surface area contributed by atoms with Gasteiger partial charge in [-0.1, -0.05) is 29.8 Å². The highest BCUT2D eigenvalue weighted by atomic mass is 16.1. The lowest BCUT2D eigenvalue weighted by Gasteiger charge is -2.31. The Hall–Kier alpha value is -4.10. The lowest BCUT2D eigenvalue weighted by atomic mass is 9.97. The van der Waals surface area contributed by atoms with Gasteiger partial charge in [0, 0.05) is 73.7 Å². The van der Waals surface area contributed by atoms with Crippen molar-refractivity contribution >= 4 is 5.78 Å². The van der Waals surface area contributed by atoms with Gasteiger partial charge in [-0.15, -0.1) is 0 Å². The van der Waals surface area contributed by atoms with E-state index in [0.29, 0.717) is 23.6 Å². The minimum atomic E-state index is -0.0134. The van der Waals surface area contributed by atoms with E-state index >= 15 is 0 Å². The van der Waals surface area contributed by atoms with Crippen LogP contribution in [0.3, 0.4) is 0 Å². The summed E-state index contributed by atoms with van der Waals surface area (Å²) in [5.74, 6) is 0.643. The number of allylic oxidation sites excluding steroid dienone is 2. The summed E-state index contributed by atoms with van der Waals surface area (Å²) in [5, 5.41) is 0. The van der Waals surface area contributed by atoms with E-state index in [0.717, 1.165) is 48.6 Å². The van der Waals surface area contributed by atoms with Crippen molar-refractivity contribution in [1.29, 1.82) is 0 Å². The molecule has 3 aromatic heterocycles. The molecule has 0 saturated heterocycles. The highest BCUT2D eigenvalue weighted by Crippen LogP contribution is 2.26. The van der Waals surface area contributed by atoms with Gasteiger partial charge in [0.05, 0.1) is 0 Å². The number of hydrogen-bond donors (Lipinski definition) is 0. The van der Waals surface area contributed by atoms with E-state index in [1.54, 1.807) is 25.4 Å². The van der Waals surface area contributed by atoms with Crippen LogP contribution in [0.15, 0.2) is 83.6 Å². The molecule has 5 rings (SSSR count). The van der Waals surface area contributed by atoms with Crippen LogP contribution >= 0.6 is 0 Å². The molecule has 37 heavy (non-hydrogen) atoms. The smallest absolute Gasteiger partial charge is 0.258 e. The van der Waals surface area contributed by atoms with Gasteiger partial charge in [0.2, 0.25) is 5.95 Å². The standard InChI is InChI=1S/C30H31N5O2/c1-21(2)10-16-35-28-11-15-33(20-26-9-5-14-34(26)30-31-12-6-13-32-30)19-25(28)18-27(29(35)37)24-8-4-7-23(17-24)22(3)36/h4-10,12-14,17-18H,11,15-16,19-20H2,1-3H3. The molecule has 0 spiro atoms. The van der Waals surface area contributed by atoms with Gasteiger partial charge < -0.3 is 4.57 Å². The molecule has 188 valence electrons. The van der Waals surface area contributed by atoms with Crippen LogP contribution in [0, 0.1) is 0 Å². The number of ketones is 1. The first-order valence-corrected chi connectivity index (χ1v) is 12.6. The van der Waals surface area contributed by atoms with Gasteiger partial charge >= 0.3 is 0 Å². The maximum atomic E-state index is 13.7. The molecule has 0 amide bonds. The predicted molar refractivity (Wildman–Crippen MR) is 145 cm³/mol. The van der Waals surface area contributed by atoms with E-state index in [9.17, 15) is 9.59 Å². The maximum absolute atomic E-state index is 13.7. The lowest BCUT2D eigenvalue weighted by Crippen LogP contribution is -2.36. The van der Waals surface area contributed by atoms with Crippen molar-refractivity contribution in [1.82, 2.24) is 24.0 Å². The molecular weight excluding hydrogens is 462 g/mol. The molecule has 0 N–H and O–H groups in total. The molecule has 0 bridgehead atoms. The predicted octanol–water partition coefficient (Wildman–Crippen LogP) is 4.82. The molecule has 4 heterocycles. The zero-order chi connectivity index (χ0) is 25.9. The van der Waals surface area contributed by atoms with E-state index in [4.69, 9.17) is 0 Å². The SMILES string of the molecule is CC(=O)c1cccc(-c2cc3c(n(CC=C(C)C)c2=O)CCN(Cc2cccn2-c2ncccn2)C3)c1. The molecule has 4 aromatic rings. The Morgan fingerprint density at radius 1 is 1.03 bits per heavy atom. The molecule has 1 aliphatic heterocycles. The Bertz CT molecular complexity index is 1530. The Labute approximate surface area is 216 Å². The van der Waals surface area contributed by atoms with Crippen LogP contribution in [0.2, 0.25) is 0 Å². The molecule has 0 aliphatic carbocycles. The zero-order valence-corrected chi connectivity index (χ0v) is 21.5. The van der Waals surface area contributed by atoms with Gasteiger partial charge in [0.15, 0.2) is 5.78 Å². The first kappa shape index (κ1) is 24.6. The largest absolute Gasteiger partial charge is 0.308 e. The van der Waals surface area contributed by atoms with Crippen molar-refractivity contribution in [2.45, 2.75) is 46.8 Å². The maximum Gasteiger partial charge on any atom is 0.258 e. The summed E-state index contributed by atoms with van der Waals surface area (Å²) in [7, 11) is 0. The lowest BCUT2D eigenvalue weighted by molar-refractivity contribution is 0.101. The van der Waals surface area contributed by atoms with E-state index in [1.807, 2.05) is 65.6 Å². The van der Waals surface area contributed by atoms with Crippen molar-refractivity contribution in [3.8, 4) is 17.1 Å². The second-order valence-corrected chi connectivity index (χ2v) is 9.74. The Morgan fingerprint density at radius 2 is 1.84 bits per heavy atom. The van der Waals surface area contributed by atoms with Crippen molar-refractivity contribution in [2.75, 3.05) is 6.54 Å². The molecule has 0 fully saturated rings. The van der Waals surface area contributed by atoms with Gasteiger partial charge in [0.25, 0.3) is 5.56 Å². The summed E-state index contributed by atoms with van der Waals surface area (Å²) in [6, 6.07) is 15.3. The van der Waals surface area contributed by atoms with Crippen LogP contribution in [-0.4, -0.2) is 36.3 Å². The van der Waals surface area contributed by atoms with E-state index in [2.05, 4.69) is 27.0 Å². The van der Waals surface area contributed by atoms with Crippen LogP contribution < -0.4 is 5.56 Å². The molecule has 7 nitrogen and oxygen atoms in total. The first-order valence-electron chi connectivity index (χ1n) is 12.6. The fourth-order valence-corrected chi connectivity index (χ4v) is 4.88. The monoisotopic (exact) mass is 493 g/mol. The number of rotatable bonds is 7. The number of Topliss-reactive ketones (excluding diaryl/α,β-unsaturated/α-hetero) is 1. The summed E-state index contributed by atoms with van der Waals surface area (Å²) in [5.41, 5.74) is 6.52. The van der Waals surface area contributed by atoms with E-state index in [1.165, 1.54) is 5.57 Å². The molecule has 7 heteroatoms. The van der Waals surface area contributed by atoms with Crippen LogP contribution in [0.1, 0.15) is 48.1 Å². The summed E-state index contributed by atoms with van der Waals surface area (Å²) in [6.45, 7) is 8.50. The normalized spacial score (nSPS) is 13.3. The molecule has 0 unspecified atom stereocenters. The fraction of sp³-hybridized carbons (Fsp3) is 0.267. The topological polar surface area (TPSA) is 73.0 Å². The summed E-state index contributed by atoms with van der Waals surface area (Å²) >= 11 is 0. The second kappa shape index (κ2) is 10.5. The highest BCUT2D eigenvalue weighted by molar-refractivity contribution is 5.95. The number of fused-ring (bicyclic) bond motifs is 1. The van der Waals surface area contributed by atoms with Gasteiger partial charge in [-0.25, -0.2) is 9.97 Å². The number of hydrogen-bond acceptors (Lipinski definition) is 5. The second-order valence-electron chi connectivity index (χ2n) is 9.74. The molecule has 0 saturated carbocycles. The van der Waals surface area contributed by atoms with Gasteiger partial charge in [0.1, 0.15) is 0 Å². The highest BCUT2D eigenvalue weighted by Gasteiger charge is 2.23. The van der Waals surface area contributed by atoms with Crippen LogP contribution in [0.25, 0.3) is 17.1 Å². The van der Waals surface area contributed by atoms with Crippen molar-refractivity contribution in [3.05, 3.63) is 112 Å². The van der Waals surface area contributed by atoms with E-state index < -0.39 is 0 Å². The van der Waals surface area contributed by atoms with Crippen molar-refractivity contribution in [2.24, 2.45) is 0 Å². The number of nitrogens with zero attached hydrogens (tertiary/aromatic N) is 5. The third-order valence-electron chi connectivity index (χ3n) is 6.80. The van der Waals surface area contributed by atoms with Crippen LogP contribution in [0.5, 0.6) is 0 Å². The van der Waals surface area contributed by atoms with Gasteiger partial charge in [-0.2, -0.15) is 0 Å². The number of carbonyl (C=O) groups excluding carboxylic acids is 1. The number of aromatic nitrogens is 4. The molecule has 1 aliphatic rings. The quantitative estimate of drug-likeness (QED) is 0.273. The molecular formula is C30H31N5O2. The third-order valence-corrected chi connectivity index (χ3v) is 6.80. The fourth-order valence-electron chi connectivity index (χ4n) is 4.88. The Morgan fingerprint density at radius 3 is 2.59 bits per heavy atom. The summed E-state index contributed by atoms with van der Waals surface area (Å²) in [6.07, 6.45) is 8.36. The van der Waals surface area contributed by atoms with Crippen LogP contribution in [0.4, 0.5) is 0 Å². The van der Waals surface area contributed by atoms with Crippen LogP contribution in [-0.2, 0) is 26.1 Å². The average Bonchev–Trinajstić information content (AvgIpc) is 3.36. The third kappa shape index (κ3) is 5.22. The minimum Gasteiger partial charge on any atom is -0.308 e. The number of benzene rings is 1. The molecule has 0 radical (unpaired) electrons.